The van der Waals surface area contributed by atoms with Gasteiger partial charge in [-0.3, -0.25) is 4.98 Å². The molecular weight excluding hydrogens is 244 g/mol. The summed E-state index contributed by atoms with van der Waals surface area (Å²) in [6.45, 7) is 5.35. The van der Waals surface area contributed by atoms with Crippen molar-refractivity contribution in [2.24, 2.45) is 0 Å². The van der Waals surface area contributed by atoms with E-state index in [1.165, 1.54) is 16.7 Å². The Morgan fingerprint density at radius 3 is 2.70 bits per heavy atom. The van der Waals surface area contributed by atoms with Crippen molar-refractivity contribution in [2.75, 3.05) is 6.54 Å². The third-order valence-electron chi connectivity index (χ3n) is 3.56. The topological polar surface area (TPSA) is 24.9 Å². The minimum atomic E-state index is 0.530. The minimum absolute atomic E-state index is 0.530. The molecule has 0 spiro atoms. The van der Waals surface area contributed by atoms with Gasteiger partial charge in [0.15, 0.2) is 0 Å². The molecule has 0 aliphatic heterocycles. The van der Waals surface area contributed by atoms with Crippen LogP contribution in [0.3, 0.4) is 0 Å². The summed E-state index contributed by atoms with van der Waals surface area (Å²) in [6.07, 6.45) is 7.12. The smallest absolute Gasteiger partial charge is 0.0299 e. The normalized spacial score (nSPS) is 12.3. The largest absolute Gasteiger partial charge is 0.314 e. The summed E-state index contributed by atoms with van der Waals surface area (Å²) < 4.78 is 0. The second-order valence-electron chi connectivity index (χ2n) is 5.35. The highest BCUT2D eigenvalue weighted by molar-refractivity contribution is 5.23. The van der Waals surface area contributed by atoms with Gasteiger partial charge in [-0.1, -0.05) is 42.8 Å². The first-order chi connectivity index (χ1) is 9.78. The zero-order valence-corrected chi connectivity index (χ0v) is 12.5. The Balaban J connectivity index is 1.93. The van der Waals surface area contributed by atoms with E-state index in [2.05, 4.69) is 54.5 Å². The van der Waals surface area contributed by atoms with Crippen LogP contribution < -0.4 is 5.32 Å². The van der Waals surface area contributed by atoms with E-state index >= 15 is 0 Å². The van der Waals surface area contributed by atoms with Gasteiger partial charge in [-0.25, -0.2) is 0 Å². The highest BCUT2D eigenvalue weighted by Crippen LogP contribution is 2.11. The maximum Gasteiger partial charge on any atom is 0.0299 e. The van der Waals surface area contributed by atoms with Crippen molar-refractivity contribution >= 4 is 0 Å². The number of aromatic nitrogens is 1. The van der Waals surface area contributed by atoms with Crippen LogP contribution in [0.5, 0.6) is 0 Å². The van der Waals surface area contributed by atoms with E-state index < -0.39 is 0 Å². The summed E-state index contributed by atoms with van der Waals surface area (Å²) in [6, 6.07) is 13.5. The van der Waals surface area contributed by atoms with Crippen LogP contribution >= 0.6 is 0 Å². The second-order valence-corrected chi connectivity index (χ2v) is 5.35. The first-order valence-electron chi connectivity index (χ1n) is 7.45. The molecule has 0 aliphatic rings. The molecule has 2 aromatic rings. The highest BCUT2D eigenvalue weighted by atomic mass is 14.9. The Morgan fingerprint density at radius 1 is 1.15 bits per heavy atom. The molecule has 1 heterocycles. The van der Waals surface area contributed by atoms with Crippen molar-refractivity contribution in [3.8, 4) is 0 Å². The number of hydrogen-bond acceptors (Lipinski definition) is 2. The molecule has 0 bridgehead atoms. The lowest BCUT2D eigenvalue weighted by atomic mass is 9.98. The number of nitrogens with zero attached hydrogens (tertiary/aromatic N) is 1. The molecule has 1 aromatic carbocycles. The highest BCUT2D eigenvalue weighted by Gasteiger charge is 2.09. The van der Waals surface area contributed by atoms with Gasteiger partial charge in [0.05, 0.1) is 0 Å². The van der Waals surface area contributed by atoms with Crippen LogP contribution in [0, 0.1) is 6.92 Å². The van der Waals surface area contributed by atoms with Gasteiger partial charge in [0.25, 0.3) is 0 Å². The first-order valence-corrected chi connectivity index (χ1v) is 7.45. The number of aryl methyl sites for hydroxylation is 2. The van der Waals surface area contributed by atoms with E-state index in [9.17, 15) is 0 Å². The van der Waals surface area contributed by atoms with Crippen LogP contribution in [-0.2, 0) is 12.8 Å². The van der Waals surface area contributed by atoms with Crippen LogP contribution in [0.2, 0.25) is 0 Å². The van der Waals surface area contributed by atoms with Crippen molar-refractivity contribution < 1.29 is 0 Å². The maximum atomic E-state index is 4.18. The van der Waals surface area contributed by atoms with Crippen LogP contribution in [0.25, 0.3) is 0 Å². The Hall–Kier alpha value is -1.67. The molecule has 2 nitrogen and oxygen atoms in total. The fourth-order valence-corrected chi connectivity index (χ4v) is 2.58. The van der Waals surface area contributed by atoms with Crippen LogP contribution in [-0.4, -0.2) is 17.6 Å². The third-order valence-corrected chi connectivity index (χ3v) is 3.56. The van der Waals surface area contributed by atoms with Crippen molar-refractivity contribution in [1.82, 2.24) is 10.3 Å². The van der Waals surface area contributed by atoms with Gasteiger partial charge in [-0.15, -0.1) is 0 Å². The van der Waals surface area contributed by atoms with E-state index in [1.54, 1.807) is 0 Å². The van der Waals surface area contributed by atoms with Crippen molar-refractivity contribution in [1.29, 1.82) is 0 Å². The van der Waals surface area contributed by atoms with Crippen molar-refractivity contribution in [3.63, 3.8) is 0 Å². The summed E-state index contributed by atoms with van der Waals surface area (Å²) in [5.74, 6) is 0. The summed E-state index contributed by atoms with van der Waals surface area (Å²) in [7, 11) is 0. The number of pyridine rings is 1. The molecule has 1 N–H and O–H groups in total. The summed E-state index contributed by atoms with van der Waals surface area (Å²) >= 11 is 0. The SMILES string of the molecule is CCNC(CCc1cccnc1)Cc1cccc(C)c1. The number of hydrogen-bond donors (Lipinski definition) is 1. The summed E-state index contributed by atoms with van der Waals surface area (Å²) in [4.78, 5) is 4.18. The molecule has 0 radical (unpaired) electrons. The zero-order valence-electron chi connectivity index (χ0n) is 12.5. The van der Waals surface area contributed by atoms with Crippen LogP contribution in [0.1, 0.15) is 30.0 Å². The van der Waals surface area contributed by atoms with Gasteiger partial charge in [0.2, 0.25) is 0 Å². The maximum absolute atomic E-state index is 4.18. The molecule has 0 amide bonds. The van der Waals surface area contributed by atoms with Crippen molar-refractivity contribution in [3.05, 3.63) is 65.5 Å². The van der Waals surface area contributed by atoms with Gasteiger partial charge < -0.3 is 5.32 Å². The second kappa shape index (κ2) is 7.81. The summed E-state index contributed by atoms with van der Waals surface area (Å²) in [5.41, 5.74) is 4.08. The Kier molecular flexibility index (Phi) is 5.75. The fourth-order valence-electron chi connectivity index (χ4n) is 2.58. The molecule has 0 aliphatic carbocycles. The molecule has 1 atom stereocenters. The van der Waals surface area contributed by atoms with E-state index in [0.717, 1.165) is 25.8 Å². The van der Waals surface area contributed by atoms with E-state index in [-0.39, 0.29) is 0 Å². The Bertz CT molecular complexity index is 508. The van der Waals surface area contributed by atoms with E-state index in [1.807, 2.05) is 18.5 Å². The average Bonchev–Trinajstić information content (AvgIpc) is 2.46. The molecule has 2 rings (SSSR count). The number of benzene rings is 1. The molecule has 1 aromatic heterocycles. The monoisotopic (exact) mass is 268 g/mol. The molecular formula is C18H24N2. The zero-order chi connectivity index (χ0) is 14.2. The van der Waals surface area contributed by atoms with Crippen LogP contribution in [0.15, 0.2) is 48.8 Å². The van der Waals surface area contributed by atoms with Gasteiger partial charge in [-0.2, -0.15) is 0 Å². The molecule has 20 heavy (non-hydrogen) atoms. The summed E-state index contributed by atoms with van der Waals surface area (Å²) in [5, 5.41) is 3.60. The van der Waals surface area contributed by atoms with Crippen molar-refractivity contribution in [2.45, 2.75) is 39.2 Å². The van der Waals surface area contributed by atoms with Gasteiger partial charge in [-0.05, 0) is 49.9 Å². The molecule has 0 saturated carbocycles. The van der Waals surface area contributed by atoms with Crippen LogP contribution in [0.4, 0.5) is 0 Å². The lowest BCUT2D eigenvalue weighted by molar-refractivity contribution is 0.491. The predicted octanol–water partition coefficient (Wildman–Crippen LogP) is 3.54. The quantitative estimate of drug-likeness (QED) is 0.830. The van der Waals surface area contributed by atoms with Gasteiger partial charge >= 0.3 is 0 Å². The first kappa shape index (κ1) is 14.7. The van der Waals surface area contributed by atoms with E-state index in [4.69, 9.17) is 0 Å². The Labute approximate surface area is 122 Å². The lowest BCUT2D eigenvalue weighted by Crippen LogP contribution is -2.31. The number of rotatable bonds is 7. The standard InChI is InChI=1S/C18H24N2/c1-3-20-18(10-9-16-8-5-11-19-14-16)13-17-7-4-6-15(2)12-17/h4-8,11-12,14,18,20H,3,9-10,13H2,1-2H3. The lowest BCUT2D eigenvalue weighted by Gasteiger charge is -2.18. The number of likely N-dealkylation sites (N-methyl/N-ethyl adjacent to an activating group) is 1. The number of nitrogens with one attached hydrogen (secondary N) is 1. The molecule has 106 valence electrons. The molecule has 1 unspecified atom stereocenters. The average molecular weight is 268 g/mol. The molecule has 0 fully saturated rings. The minimum Gasteiger partial charge on any atom is -0.314 e. The predicted molar refractivity (Wildman–Crippen MR) is 84.9 cm³/mol. The van der Waals surface area contributed by atoms with Gasteiger partial charge in [0, 0.05) is 18.4 Å². The van der Waals surface area contributed by atoms with E-state index in [0.29, 0.717) is 6.04 Å². The molecule has 0 saturated heterocycles. The van der Waals surface area contributed by atoms with Gasteiger partial charge in [0.1, 0.15) is 0 Å². The fraction of sp³-hybridized carbons (Fsp3) is 0.389. The molecule has 2 heteroatoms. The third kappa shape index (κ3) is 4.78. The Morgan fingerprint density at radius 2 is 2.00 bits per heavy atom.